The molecule has 0 aliphatic rings. The quantitative estimate of drug-likeness (QED) is 0.391. The van der Waals surface area contributed by atoms with Crippen molar-refractivity contribution in [3.8, 4) is 0 Å². The van der Waals surface area contributed by atoms with Crippen LogP contribution in [0.5, 0.6) is 0 Å². The molecule has 0 aromatic heterocycles. The number of hydrogen-bond acceptors (Lipinski definition) is 1. The molecule has 1 atom stereocenters. The monoisotopic (exact) mass is 231 g/mol. The highest BCUT2D eigenvalue weighted by atomic mass is 15.2. The van der Waals surface area contributed by atoms with E-state index in [4.69, 9.17) is 5.53 Å². The van der Waals surface area contributed by atoms with Crippen LogP contribution >= 0.6 is 0 Å². The van der Waals surface area contributed by atoms with Crippen LogP contribution in [0.15, 0.2) is 29.4 Å². The molecule has 0 saturated carbocycles. The van der Waals surface area contributed by atoms with E-state index in [1.807, 2.05) is 19.1 Å². The van der Waals surface area contributed by atoms with Crippen molar-refractivity contribution in [2.75, 3.05) is 0 Å². The zero-order valence-electron chi connectivity index (χ0n) is 11.1. The van der Waals surface area contributed by atoms with Gasteiger partial charge >= 0.3 is 0 Å². The highest BCUT2D eigenvalue weighted by Gasteiger charge is 2.26. The number of aryl methyl sites for hydroxylation is 1. The summed E-state index contributed by atoms with van der Waals surface area (Å²) in [5.41, 5.74) is 10.7. The van der Waals surface area contributed by atoms with Crippen molar-refractivity contribution >= 4 is 0 Å². The van der Waals surface area contributed by atoms with Gasteiger partial charge in [0.2, 0.25) is 0 Å². The molecule has 0 heterocycles. The van der Waals surface area contributed by atoms with E-state index in [-0.39, 0.29) is 0 Å². The molecular weight excluding hydrogens is 210 g/mol. The lowest BCUT2D eigenvalue weighted by molar-refractivity contribution is 0.394. The van der Waals surface area contributed by atoms with E-state index in [1.165, 1.54) is 5.56 Å². The second kappa shape index (κ2) is 5.74. The smallest absolute Gasteiger partial charge is 0.0712 e. The molecule has 0 aliphatic heterocycles. The van der Waals surface area contributed by atoms with E-state index < -0.39 is 5.54 Å². The van der Waals surface area contributed by atoms with Crippen molar-refractivity contribution in [1.29, 1.82) is 0 Å². The van der Waals surface area contributed by atoms with Crippen LogP contribution in [0.3, 0.4) is 0 Å². The average Bonchev–Trinajstić information content (AvgIpc) is 2.27. The minimum atomic E-state index is -0.426. The first kappa shape index (κ1) is 13.6. The summed E-state index contributed by atoms with van der Waals surface area (Å²) in [5, 5.41) is 4.04. The van der Waals surface area contributed by atoms with E-state index in [9.17, 15) is 0 Å². The fraction of sp³-hybridized carbons (Fsp3) is 0.571. The van der Waals surface area contributed by atoms with Crippen LogP contribution in [0.4, 0.5) is 0 Å². The SMILES string of the molecule is Cc1ccccc1C(C)(CCC(C)C)N=[N+]=[N-]. The van der Waals surface area contributed by atoms with Crippen molar-refractivity contribution in [3.05, 3.63) is 45.8 Å². The first-order valence-electron chi connectivity index (χ1n) is 6.12. The minimum absolute atomic E-state index is 0.426. The third kappa shape index (κ3) is 3.50. The molecule has 1 aromatic carbocycles. The van der Waals surface area contributed by atoms with Gasteiger partial charge in [-0.05, 0) is 42.8 Å². The van der Waals surface area contributed by atoms with Gasteiger partial charge in [-0.15, -0.1) is 0 Å². The lowest BCUT2D eigenvalue weighted by atomic mass is 9.84. The number of benzene rings is 1. The van der Waals surface area contributed by atoms with E-state index in [2.05, 4.69) is 42.9 Å². The van der Waals surface area contributed by atoms with Crippen molar-refractivity contribution in [2.45, 2.75) is 46.1 Å². The van der Waals surface area contributed by atoms with Crippen molar-refractivity contribution in [2.24, 2.45) is 11.0 Å². The van der Waals surface area contributed by atoms with Gasteiger partial charge in [0.15, 0.2) is 0 Å². The molecular formula is C14H21N3. The molecule has 3 nitrogen and oxygen atoms in total. The van der Waals surface area contributed by atoms with E-state index in [0.717, 1.165) is 18.4 Å². The summed E-state index contributed by atoms with van der Waals surface area (Å²) in [4.78, 5) is 3.03. The Morgan fingerprint density at radius 1 is 1.35 bits per heavy atom. The molecule has 0 fully saturated rings. The van der Waals surface area contributed by atoms with Crippen LogP contribution < -0.4 is 0 Å². The van der Waals surface area contributed by atoms with Crippen LogP contribution in [0, 0.1) is 12.8 Å². The maximum atomic E-state index is 8.78. The fourth-order valence-corrected chi connectivity index (χ4v) is 2.08. The molecule has 1 unspecified atom stereocenters. The van der Waals surface area contributed by atoms with Gasteiger partial charge in [-0.1, -0.05) is 49.6 Å². The summed E-state index contributed by atoms with van der Waals surface area (Å²) >= 11 is 0. The average molecular weight is 231 g/mol. The zero-order chi connectivity index (χ0) is 12.9. The first-order valence-corrected chi connectivity index (χ1v) is 6.12. The zero-order valence-corrected chi connectivity index (χ0v) is 11.1. The molecule has 0 N–H and O–H groups in total. The summed E-state index contributed by atoms with van der Waals surface area (Å²) in [6, 6.07) is 8.14. The number of hydrogen-bond donors (Lipinski definition) is 0. The van der Waals surface area contributed by atoms with Crippen LogP contribution in [0.25, 0.3) is 10.4 Å². The highest BCUT2D eigenvalue weighted by molar-refractivity contribution is 5.32. The molecule has 0 bridgehead atoms. The fourth-order valence-electron chi connectivity index (χ4n) is 2.08. The van der Waals surface area contributed by atoms with Gasteiger partial charge in [0.1, 0.15) is 0 Å². The number of azide groups is 1. The van der Waals surface area contributed by atoms with E-state index in [1.54, 1.807) is 0 Å². The van der Waals surface area contributed by atoms with Gasteiger partial charge in [0.25, 0.3) is 0 Å². The molecule has 0 amide bonds. The standard InChI is InChI=1S/C14H21N3/c1-11(2)9-10-14(4,16-17-15)13-8-6-5-7-12(13)3/h5-8,11H,9-10H2,1-4H3. The summed E-state index contributed by atoms with van der Waals surface area (Å²) in [7, 11) is 0. The Bertz CT molecular complexity index is 419. The summed E-state index contributed by atoms with van der Waals surface area (Å²) in [6.45, 7) is 8.47. The predicted octanol–water partition coefficient (Wildman–Crippen LogP) is 4.96. The summed E-state index contributed by atoms with van der Waals surface area (Å²) < 4.78 is 0. The summed E-state index contributed by atoms with van der Waals surface area (Å²) in [5.74, 6) is 0.618. The Kier molecular flexibility index (Phi) is 4.59. The third-order valence-electron chi connectivity index (χ3n) is 3.20. The molecule has 17 heavy (non-hydrogen) atoms. The van der Waals surface area contributed by atoms with E-state index in [0.29, 0.717) is 5.92 Å². The van der Waals surface area contributed by atoms with Crippen LogP contribution in [-0.2, 0) is 5.54 Å². The molecule has 1 aromatic rings. The Balaban J connectivity index is 3.07. The van der Waals surface area contributed by atoms with Gasteiger partial charge in [0.05, 0.1) is 5.54 Å². The highest BCUT2D eigenvalue weighted by Crippen LogP contribution is 2.34. The van der Waals surface area contributed by atoms with Crippen molar-refractivity contribution < 1.29 is 0 Å². The largest absolute Gasteiger partial charge is 0.0828 e. The third-order valence-corrected chi connectivity index (χ3v) is 3.20. The van der Waals surface area contributed by atoms with Crippen LogP contribution in [0.2, 0.25) is 0 Å². The Morgan fingerprint density at radius 2 is 2.00 bits per heavy atom. The first-order chi connectivity index (χ1) is 7.99. The van der Waals surface area contributed by atoms with Gasteiger partial charge in [-0.3, -0.25) is 0 Å². The Morgan fingerprint density at radius 3 is 2.53 bits per heavy atom. The molecule has 0 saturated heterocycles. The van der Waals surface area contributed by atoms with Gasteiger partial charge < -0.3 is 0 Å². The number of nitrogens with zero attached hydrogens (tertiary/aromatic N) is 3. The van der Waals surface area contributed by atoms with Crippen molar-refractivity contribution in [1.82, 2.24) is 0 Å². The maximum Gasteiger partial charge on any atom is 0.0712 e. The van der Waals surface area contributed by atoms with Gasteiger partial charge in [0, 0.05) is 4.91 Å². The molecule has 1 rings (SSSR count). The second-order valence-corrected chi connectivity index (χ2v) is 5.21. The predicted molar refractivity (Wildman–Crippen MR) is 71.7 cm³/mol. The van der Waals surface area contributed by atoms with Crippen LogP contribution in [0.1, 0.15) is 44.7 Å². The second-order valence-electron chi connectivity index (χ2n) is 5.21. The Labute approximate surface area is 103 Å². The molecule has 0 radical (unpaired) electrons. The lowest BCUT2D eigenvalue weighted by Crippen LogP contribution is -2.20. The number of rotatable bonds is 5. The van der Waals surface area contributed by atoms with E-state index >= 15 is 0 Å². The van der Waals surface area contributed by atoms with Gasteiger partial charge in [-0.2, -0.15) is 0 Å². The molecule has 92 valence electrons. The lowest BCUT2D eigenvalue weighted by Gasteiger charge is -2.27. The Hall–Kier alpha value is -1.47. The maximum absolute atomic E-state index is 8.78. The van der Waals surface area contributed by atoms with Gasteiger partial charge in [-0.25, -0.2) is 0 Å². The molecule has 0 spiro atoms. The van der Waals surface area contributed by atoms with Crippen molar-refractivity contribution in [3.63, 3.8) is 0 Å². The molecule has 3 heteroatoms. The molecule has 0 aliphatic carbocycles. The van der Waals surface area contributed by atoms with Crippen LogP contribution in [-0.4, -0.2) is 0 Å². The normalized spacial score (nSPS) is 14.2. The minimum Gasteiger partial charge on any atom is -0.0828 e. The topological polar surface area (TPSA) is 48.8 Å². The summed E-state index contributed by atoms with van der Waals surface area (Å²) in [6.07, 6.45) is 1.95.